The van der Waals surface area contributed by atoms with Crippen LogP contribution >= 0.6 is 23.4 Å². The number of aromatic nitrogens is 1. The van der Waals surface area contributed by atoms with E-state index in [0.717, 1.165) is 0 Å². The van der Waals surface area contributed by atoms with E-state index < -0.39 is 0 Å². The van der Waals surface area contributed by atoms with Crippen molar-refractivity contribution in [3.05, 3.63) is 23.2 Å². The van der Waals surface area contributed by atoms with Gasteiger partial charge >= 0.3 is 0 Å². The fourth-order valence-corrected chi connectivity index (χ4v) is 3.44. The van der Waals surface area contributed by atoms with Gasteiger partial charge in [0.05, 0.1) is 18.0 Å². The van der Waals surface area contributed by atoms with Crippen molar-refractivity contribution in [1.29, 1.82) is 0 Å². The first-order valence-electron chi connectivity index (χ1n) is 7.13. The highest BCUT2D eigenvalue weighted by atomic mass is 35.5. The molecule has 0 aliphatic carbocycles. The highest BCUT2D eigenvalue weighted by Gasteiger charge is 2.26. The fraction of sp³-hybridized carbons (Fsp3) is 0.467. The standard InChI is InChI=1S/C15H17ClN2O3S/c1-9-6-18(7-10(2)20-9)14(19)8-22-15-17-12-5-11(16)3-4-13(12)21-15/h3-5,9-10H,6-8H2,1-2H3/t9-,10-/m1/s1. The minimum atomic E-state index is 0.0733. The molecule has 0 spiro atoms. The van der Waals surface area contributed by atoms with Crippen LogP contribution in [0.25, 0.3) is 11.1 Å². The van der Waals surface area contributed by atoms with Gasteiger partial charge in [-0.25, -0.2) is 4.98 Å². The Morgan fingerprint density at radius 1 is 1.41 bits per heavy atom. The van der Waals surface area contributed by atoms with E-state index in [1.165, 1.54) is 11.8 Å². The van der Waals surface area contributed by atoms with Gasteiger partial charge in [0.25, 0.3) is 5.22 Å². The summed E-state index contributed by atoms with van der Waals surface area (Å²) in [6.07, 6.45) is 0.147. The minimum absolute atomic E-state index is 0.0733. The Morgan fingerprint density at radius 3 is 2.86 bits per heavy atom. The molecule has 0 unspecified atom stereocenters. The van der Waals surface area contributed by atoms with E-state index in [9.17, 15) is 4.79 Å². The van der Waals surface area contributed by atoms with E-state index in [4.69, 9.17) is 20.8 Å². The van der Waals surface area contributed by atoms with Gasteiger partial charge in [-0.05, 0) is 32.0 Å². The Morgan fingerprint density at radius 2 is 2.14 bits per heavy atom. The Kier molecular flexibility index (Phi) is 4.61. The number of nitrogens with zero attached hydrogens (tertiary/aromatic N) is 2. The summed E-state index contributed by atoms with van der Waals surface area (Å²) in [6.45, 7) is 5.22. The zero-order chi connectivity index (χ0) is 15.7. The van der Waals surface area contributed by atoms with Crippen LogP contribution in [0.5, 0.6) is 0 Å². The molecule has 2 aromatic rings. The van der Waals surface area contributed by atoms with Crippen molar-refractivity contribution in [2.75, 3.05) is 18.8 Å². The van der Waals surface area contributed by atoms with Crippen LogP contribution in [0.15, 0.2) is 27.8 Å². The Bertz CT molecular complexity index is 680. The number of fused-ring (bicyclic) bond motifs is 1. The summed E-state index contributed by atoms with van der Waals surface area (Å²) in [4.78, 5) is 18.5. The maximum Gasteiger partial charge on any atom is 0.257 e. The second-order valence-corrected chi connectivity index (χ2v) is 6.80. The zero-order valence-corrected chi connectivity index (χ0v) is 14.0. The fourth-order valence-electron chi connectivity index (χ4n) is 2.54. The van der Waals surface area contributed by atoms with Crippen molar-refractivity contribution in [3.63, 3.8) is 0 Å². The van der Waals surface area contributed by atoms with Gasteiger partial charge in [0.15, 0.2) is 5.58 Å². The second kappa shape index (κ2) is 6.48. The maximum absolute atomic E-state index is 12.3. The zero-order valence-electron chi connectivity index (χ0n) is 12.4. The first-order chi connectivity index (χ1) is 10.5. The van der Waals surface area contributed by atoms with Crippen LogP contribution in [0, 0.1) is 0 Å². The second-order valence-electron chi connectivity index (χ2n) is 5.44. The lowest BCUT2D eigenvalue weighted by Crippen LogP contribution is -2.48. The van der Waals surface area contributed by atoms with Crippen molar-refractivity contribution in [2.45, 2.75) is 31.3 Å². The van der Waals surface area contributed by atoms with E-state index in [2.05, 4.69) is 4.98 Å². The molecular weight excluding hydrogens is 324 g/mol. The number of morpholine rings is 1. The van der Waals surface area contributed by atoms with Crippen LogP contribution in [-0.2, 0) is 9.53 Å². The number of carbonyl (C=O) groups is 1. The number of carbonyl (C=O) groups excluding carboxylic acids is 1. The molecule has 2 atom stereocenters. The first-order valence-corrected chi connectivity index (χ1v) is 8.50. The summed E-state index contributed by atoms with van der Waals surface area (Å²) in [6, 6.07) is 5.28. The molecule has 5 nitrogen and oxygen atoms in total. The summed E-state index contributed by atoms with van der Waals surface area (Å²) in [5.41, 5.74) is 1.38. The van der Waals surface area contributed by atoms with Gasteiger partial charge in [-0.15, -0.1) is 0 Å². The third kappa shape index (κ3) is 3.56. The van der Waals surface area contributed by atoms with Gasteiger partial charge in [-0.1, -0.05) is 23.4 Å². The van der Waals surface area contributed by atoms with E-state index in [0.29, 0.717) is 40.2 Å². The number of amides is 1. The van der Waals surface area contributed by atoms with Gasteiger partial charge in [0.2, 0.25) is 5.91 Å². The van der Waals surface area contributed by atoms with Crippen molar-refractivity contribution in [2.24, 2.45) is 0 Å². The molecule has 2 heterocycles. The molecule has 1 aliphatic rings. The molecule has 1 amide bonds. The topological polar surface area (TPSA) is 55.6 Å². The number of benzene rings is 1. The molecule has 1 saturated heterocycles. The molecule has 3 rings (SSSR count). The largest absolute Gasteiger partial charge is 0.431 e. The van der Waals surface area contributed by atoms with E-state index in [1.807, 2.05) is 18.7 Å². The molecule has 1 aromatic carbocycles. The van der Waals surface area contributed by atoms with Gasteiger partial charge < -0.3 is 14.1 Å². The molecule has 1 aliphatic heterocycles. The molecule has 118 valence electrons. The van der Waals surface area contributed by atoms with Crippen LogP contribution in [0.3, 0.4) is 0 Å². The number of ether oxygens (including phenoxy) is 1. The lowest BCUT2D eigenvalue weighted by Gasteiger charge is -2.35. The van der Waals surface area contributed by atoms with Crippen LogP contribution in [0.1, 0.15) is 13.8 Å². The normalized spacial score (nSPS) is 22.2. The molecule has 1 aromatic heterocycles. The van der Waals surface area contributed by atoms with Crippen molar-refractivity contribution < 1.29 is 13.9 Å². The van der Waals surface area contributed by atoms with Gasteiger partial charge in [-0.2, -0.15) is 0 Å². The SMILES string of the molecule is C[C@@H]1CN(C(=O)CSc2nc3cc(Cl)ccc3o2)C[C@@H](C)O1. The minimum Gasteiger partial charge on any atom is -0.431 e. The highest BCUT2D eigenvalue weighted by Crippen LogP contribution is 2.26. The smallest absolute Gasteiger partial charge is 0.257 e. The first kappa shape index (κ1) is 15.6. The maximum atomic E-state index is 12.3. The predicted molar refractivity (Wildman–Crippen MR) is 86.3 cm³/mol. The van der Waals surface area contributed by atoms with E-state index in [-0.39, 0.29) is 18.1 Å². The van der Waals surface area contributed by atoms with Crippen LogP contribution in [0.4, 0.5) is 0 Å². The number of halogens is 1. The number of rotatable bonds is 3. The third-order valence-electron chi connectivity index (χ3n) is 3.42. The highest BCUT2D eigenvalue weighted by molar-refractivity contribution is 7.99. The van der Waals surface area contributed by atoms with Gasteiger partial charge in [0, 0.05) is 18.1 Å². The van der Waals surface area contributed by atoms with Crippen LogP contribution in [0.2, 0.25) is 5.02 Å². The Labute approximate surface area is 138 Å². The van der Waals surface area contributed by atoms with Crippen molar-refractivity contribution in [1.82, 2.24) is 9.88 Å². The monoisotopic (exact) mass is 340 g/mol. The number of thioether (sulfide) groups is 1. The molecule has 0 bridgehead atoms. The molecule has 0 radical (unpaired) electrons. The van der Waals surface area contributed by atoms with Crippen molar-refractivity contribution >= 4 is 40.4 Å². The van der Waals surface area contributed by atoms with Crippen LogP contribution < -0.4 is 0 Å². The summed E-state index contributed by atoms with van der Waals surface area (Å²) >= 11 is 7.23. The summed E-state index contributed by atoms with van der Waals surface area (Å²) in [7, 11) is 0. The number of hydrogen-bond donors (Lipinski definition) is 0. The average molecular weight is 341 g/mol. The molecule has 0 saturated carbocycles. The molecule has 0 N–H and O–H groups in total. The lowest BCUT2D eigenvalue weighted by molar-refractivity contribution is -0.140. The number of hydrogen-bond acceptors (Lipinski definition) is 5. The number of oxazole rings is 1. The van der Waals surface area contributed by atoms with Crippen molar-refractivity contribution in [3.8, 4) is 0 Å². The summed E-state index contributed by atoms with van der Waals surface area (Å²) < 4.78 is 11.2. The molecular formula is C15H17ClN2O3S. The quantitative estimate of drug-likeness (QED) is 0.803. The van der Waals surface area contributed by atoms with Crippen LogP contribution in [-0.4, -0.2) is 46.8 Å². The lowest BCUT2D eigenvalue weighted by atomic mass is 10.2. The summed E-state index contributed by atoms with van der Waals surface area (Å²) in [5, 5.41) is 1.10. The van der Waals surface area contributed by atoms with E-state index in [1.54, 1.807) is 18.2 Å². The van der Waals surface area contributed by atoms with Gasteiger partial charge in [-0.3, -0.25) is 4.79 Å². The van der Waals surface area contributed by atoms with Gasteiger partial charge in [0.1, 0.15) is 5.52 Å². The molecule has 7 heteroatoms. The third-order valence-corrected chi connectivity index (χ3v) is 4.47. The predicted octanol–water partition coefficient (Wildman–Crippen LogP) is 3.21. The molecule has 22 heavy (non-hydrogen) atoms. The molecule has 1 fully saturated rings. The Hall–Kier alpha value is -1.24. The average Bonchev–Trinajstić information content (AvgIpc) is 2.85. The summed E-state index contributed by atoms with van der Waals surface area (Å²) in [5.74, 6) is 0.382. The van der Waals surface area contributed by atoms with E-state index >= 15 is 0 Å². The Balaban J connectivity index is 1.62.